The highest BCUT2D eigenvalue weighted by atomic mass is 32.2. The maximum absolute atomic E-state index is 13.5. The number of piperazine rings is 1. The summed E-state index contributed by atoms with van der Waals surface area (Å²) >= 11 is 0. The van der Waals surface area contributed by atoms with Crippen LogP contribution in [0.4, 0.5) is 0 Å². The molecule has 1 aromatic carbocycles. The van der Waals surface area contributed by atoms with Crippen molar-refractivity contribution in [3.63, 3.8) is 0 Å². The van der Waals surface area contributed by atoms with Gasteiger partial charge in [0.2, 0.25) is 15.9 Å². The predicted octanol–water partition coefficient (Wildman–Crippen LogP) is 2.75. The molecule has 0 N–H and O–H groups in total. The van der Waals surface area contributed by atoms with Crippen molar-refractivity contribution in [1.82, 2.24) is 9.21 Å². The Labute approximate surface area is 178 Å². The molecule has 4 bridgehead atoms. The summed E-state index contributed by atoms with van der Waals surface area (Å²) < 4.78 is 27.3. The first-order valence-electron chi connectivity index (χ1n) is 11.1. The molecule has 1 amide bonds. The molecule has 1 aromatic rings. The number of hydrogen-bond donors (Lipinski definition) is 0. The summed E-state index contributed by atoms with van der Waals surface area (Å²) in [6.07, 6.45) is 7.07. The van der Waals surface area contributed by atoms with Gasteiger partial charge in [0.15, 0.2) is 0 Å². The monoisotopic (exact) mass is 427 g/mol. The first kappa shape index (κ1) is 20.0. The third-order valence-corrected chi connectivity index (χ3v) is 9.67. The van der Waals surface area contributed by atoms with E-state index in [1.165, 1.54) is 23.6 Å². The number of nitrogens with zero attached hydrogens (tertiary/aromatic N) is 3. The molecule has 5 fully saturated rings. The number of carbonyl (C=O) groups is 1. The van der Waals surface area contributed by atoms with Crippen LogP contribution in [0, 0.1) is 34.5 Å². The highest BCUT2D eigenvalue weighted by Crippen LogP contribution is 2.60. The Hall–Kier alpha value is -1.91. The van der Waals surface area contributed by atoms with Crippen LogP contribution in [0.25, 0.3) is 0 Å². The molecule has 6 nitrogen and oxygen atoms in total. The SMILES string of the molecule is N#Cc1cccc(CS(=O)(=O)N2CCN(C(=O)C34CC5CC(CC(C5)C3)C4)CC2)c1. The van der Waals surface area contributed by atoms with Gasteiger partial charge in [0.05, 0.1) is 22.8 Å². The Balaban J connectivity index is 1.23. The molecule has 0 spiro atoms. The van der Waals surface area contributed by atoms with Crippen molar-refractivity contribution in [2.45, 2.75) is 44.3 Å². The lowest BCUT2D eigenvalue weighted by atomic mass is 9.49. The fraction of sp³-hybridized carbons (Fsp3) is 0.652. The summed E-state index contributed by atoms with van der Waals surface area (Å²) in [6.45, 7) is 1.69. The van der Waals surface area contributed by atoms with E-state index in [0.717, 1.165) is 37.0 Å². The zero-order valence-electron chi connectivity index (χ0n) is 17.3. The van der Waals surface area contributed by atoms with Gasteiger partial charge in [0.1, 0.15) is 0 Å². The third-order valence-electron chi connectivity index (χ3n) is 7.82. The Morgan fingerprint density at radius 1 is 1.03 bits per heavy atom. The summed E-state index contributed by atoms with van der Waals surface area (Å²) in [5, 5.41) is 9.03. The van der Waals surface area contributed by atoms with Crippen LogP contribution in [0.1, 0.15) is 49.7 Å². The number of amides is 1. The van der Waals surface area contributed by atoms with Crippen molar-refractivity contribution in [3.8, 4) is 6.07 Å². The van der Waals surface area contributed by atoms with Crippen LogP contribution in [-0.2, 0) is 20.6 Å². The molecule has 1 aliphatic heterocycles. The molecule has 0 radical (unpaired) electrons. The van der Waals surface area contributed by atoms with E-state index in [1.54, 1.807) is 24.3 Å². The maximum Gasteiger partial charge on any atom is 0.228 e. The van der Waals surface area contributed by atoms with E-state index in [9.17, 15) is 13.2 Å². The molecule has 5 aliphatic rings. The highest BCUT2D eigenvalue weighted by molar-refractivity contribution is 7.88. The number of benzene rings is 1. The van der Waals surface area contributed by atoms with E-state index < -0.39 is 10.0 Å². The zero-order valence-corrected chi connectivity index (χ0v) is 18.1. The normalized spacial score (nSPS) is 33.4. The first-order chi connectivity index (χ1) is 14.4. The van der Waals surface area contributed by atoms with E-state index in [0.29, 0.717) is 43.2 Å². The third kappa shape index (κ3) is 3.54. The smallest absolute Gasteiger partial charge is 0.228 e. The van der Waals surface area contributed by atoms with E-state index in [4.69, 9.17) is 5.26 Å². The van der Waals surface area contributed by atoms with Crippen molar-refractivity contribution < 1.29 is 13.2 Å². The highest BCUT2D eigenvalue weighted by Gasteiger charge is 2.55. The van der Waals surface area contributed by atoms with Gasteiger partial charge in [-0.15, -0.1) is 0 Å². The van der Waals surface area contributed by atoms with Crippen molar-refractivity contribution in [2.24, 2.45) is 23.2 Å². The Morgan fingerprint density at radius 3 is 2.20 bits per heavy atom. The van der Waals surface area contributed by atoms with Gasteiger partial charge in [-0.3, -0.25) is 4.79 Å². The van der Waals surface area contributed by atoms with Crippen molar-refractivity contribution in [3.05, 3.63) is 35.4 Å². The molecule has 0 unspecified atom stereocenters. The number of rotatable bonds is 4. The Kier molecular flexibility index (Phi) is 4.90. The van der Waals surface area contributed by atoms with Gasteiger partial charge in [-0.05, 0) is 74.0 Å². The topological polar surface area (TPSA) is 81.5 Å². The largest absolute Gasteiger partial charge is 0.340 e. The number of sulfonamides is 1. The van der Waals surface area contributed by atoms with Crippen LogP contribution in [0.15, 0.2) is 24.3 Å². The Morgan fingerprint density at radius 2 is 1.63 bits per heavy atom. The van der Waals surface area contributed by atoms with Crippen LogP contribution in [0.3, 0.4) is 0 Å². The quantitative estimate of drug-likeness (QED) is 0.740. The van der Waals surface area contributed by atoms with Crippen LogP contribution in [-0.4, -0.2) is 49.7 Å². The molecule has 0 atom stereocenters. The Bertz CT molecular complexity index is 954. The summed E-state index contributed by atoms with van der Waals surface area (Å²) in [6, 6.07) is 8.81. The summed E-state index contributed by atoms with van der Waals surface area (Å²) in [4.78, 5) is 15.4. The second-order valence-electron chi connectivity index (χ2n) is 9.96. The van der Waals surface area contributed by atoms with E-state index in [1.807, 2.05) is 4.90 Å². The second-order valence-corrected chi connectivity index (χ2v) is 11.9. The first-order valence-corrected chi connectivity index (χ1v) is 12.7. The number of hydrogen-bond acceptors (Lipinski definition) is 4. The van der Waals surface area contributed by atoms with Gasteiger partial charge >= 0.3 is 0 Å². The van der Waals surface area contributed by atoms with Gasteiger partial charge in [-0.1, -0.05) is 12.1 Å². The van der Waals surface area contributed by atoms with E-state index in [2.05, 4.69) is 6.07 Å². The van der Waals surface area contributed by atoms with Gasteiger partial charge in [0, 0.05) is 26.2 Å². The molecule has 30 heavy (non-hydrogen) atoms. The fourth-order valence-electron chi connectivity index (χ4n) is 6.91. The summed E-state index contributed by atoms with van der Waals surface area (Å²) in [7, 11) is -3.47. The van der Waals surface area contributed by atoms with Crippen molar-refractivity contribution in [2.75, 3.05) is 26.2 Å². The number of carbonyl (C=O) groups excluding carboxylic acids is 1. The molecule has 6 rings (SSSR count). The van der Waals surface area contributed by atoms with Crippen LogP contribution < -0.4 is 0 Å². The van der Waals surface area contributed by atoms with Crippen LogP contribution in [0.5, 0.6) is 0 Å². The molecular formula is C23H29N3O3S. The minimum Gasteiger partial charge on any atom is -0.340 e. The van der Waals surface area contributed by atoms with Gasteiger partial charge < -0.3 is 4.90 Å². The fourth-order valence-corrected chi connectivity index (χ4v) is 8.41. The molecule has 1 saturated heterocycles. The van der Waals surface area contributed by atoms with Gasteiger partial charge in [0.25, 0.3) is 0 Å². The van der Waals surface area contributed by atoms with Crippen molar-refractivity contribution in [1.29, 1.82) is 5.26 Å². The lowest BCUT2D eigenvalue weighted by Crippen LogP contribution is -2.58. The average Bonchev–Trinajstić information content (AvgIpc) is 2.72. The second kappa shape index (κ2) is 7.35. The minimum atomic E-state index is -3.47. The van der Waals surface area contributed by atoms with Crippen LogP contribution >= 0.6 is 0 Å². The maximum atomic E-state index is 13.5. The van der Waals surface area contributed by atoms with Crippen molar-refractivity contribution >= 4 is 15.9 Å². The average molecular weight is 428 g/mol. The summed E-state index contributed by atoms with van der Waals surface area (Å²) in [5.41, 5.74) is 0.933. The zero-order chi connectivity index (χ0) is 20.9. The van der Waals surface area contributed by atoms with Gasteiger partial charge in [-0.25, -0.2) is 8.42 Å². The lowest BCUT2D eigenvalue weighted by Gasteiger charge is -2.57. The minimum absolute atomic E-state index is 0.106. The molecule has 4 saturated carbocycles. The molecule has 0 aromatic heterocycles. The van der Waals surface area contributed by atoms with E-state index in [-0.39, 0.29) is 11.2 Å². The van der Waals surface area contributed by atoms with Crippen LogP contribution in [0.2, 0.25) is 0 Å². The molecular weight excluding hydrogens is 398 g/mol. The lowest BCUT2D eigenvalue weighted by molar-refractivity contribution is -0.158. The summed E-state index contributed by atoms with van der Waals surface area (Å²) in [5.74, 6) is 2.37. The predicted molar refractivity (Wildman–Crippen MR) is 113 cm³/mol. The van der Waals surface area contributed by atoms with E-state index >= 15 is 0 Å². The number of nitriles is 1. The molecule has 7 heteroatoms. The molecule has 160 valence electrons. The van der Waals surface area contributed by atoms with Gasteiger partial charge in [-0.2, -0.15) is 9.57 Å². The standard InChI is InChI=1S/C23H29N3O3S/c24-15-17-2-1-3-18(8-17)16-30(28,29)26-6-4-25(5-7-26)22(27)23-12-19-9-20(13-23)11-21(10-19)14-23/h1-3,8,19-21H,4-7,9-14,16H2. The molecule has 1 heterocycles. The molecule has 4 aliphatic carbocycles.